The molecule has 0 aromatic heterocycles. The monoisotopic (exact) mass is 227 g/mol. The summed E-state index contributed by atoms with van der Waals surface area (Å²) in [5.74, 6) is 1.33. The fourth-order valence-corrected chi connectivity index (χ4v) is 2.98. The molecule has 17 heavy (non-hydrogen) atoms. The summed E-state index contributed by atoms with van der Waals surface area (Å²) >= 11 is 0. The first-order valence-corrected chi connectivity index (χ1v) is 6.28. The van der Waals surface area contributed by atoms with Crippen molar-refractivity contribution in [3.8, 4) is 0 Å². The molecule has 0 radical (unpaired) electrons. The number of carbonyl (C=O) groups excluding carboxylic acids is 1. The zero-order valence-electron chi connectivity index (χ0n) is 10.0. The number of nitrogens with one attached hydrogen (secondary N) is 1. The van der Waals surface area contributed by atoms with E-state index >= 15 is 0 Å². The van der Waals surface area contributed by atoms with Gasteiger partial charge in [-0.2, -0.15) is 0 Å². The fraction of sp³-hybridized carbons (Fsp3) is 0.400. The third-order valence-electron chi connectivity index (χ3n) is 3.88. The second-order valence-corrected chi connectivity index (χ2v) is 5.23. The van der Waals surface area contributed by atoms with Crippen LogP contribution < -0.4 is 5.32 Å². The minimum Gasteiger partial charge on any atom is -0.349 e. The van der Waals surface area contributed by atoms with E-state index < -0.39 is 0 Å². The largest absolute Gasteiger partial charge is 0.349 e. The van der Waals surface area contributed by atoms with Crippen molar-refractivity contribution in [1.29, 1.82) is 0 Å². The average molecular weight is 227 g/mol. The number of carbonyl (C=O) groups is 1. The van der Waals surface area contributed by atoms with E-state index in [2.05, 4.69) is 17.5 Å². The van der Waals surface area contributed by atoms with E-state index in [1.165, 1.54) is 6.42 Å². The number of allylic oxidation sites excluding steroid dienone is 1. The molecular formula is C15H17NO. The molecule has 0 saturated heterocycles. The highest BCUT2D eigenvalue weighted by Gasteiger charge is 2.36. The van der Waals surface area contributed by atoms with Gasteiger partial charge >= 0.3 is 0 Å². The van der Waals surface area contributed by atoms with Crippen LogP contribution in [0.15, 0.2) is 36.4 Å². The minimum atomic E-state index is 0.0691. The Morgan fingerprint density at radius 3 is 2.82 bits per heavy atom. The Morgan fingerprint density at radius 1 is 1.29 bits per heavy atom. The zero-order valence-corrected chi connectivity index (χ0v) is 10.0. The van der Waals surface area contributed by atoms with Crippen molar-refractivity contribution in [3.05, 3.63) is 47.5 Å². The van der Waals surface area contributed by atoms with E-state index in [0.29, 0.717) is 17.9 Å². The van der Waals surface area contributed by atoms with Crippen molar-refractivity contribution in [2.24, 2.45) is 11.8 Å². The normalized spacial score (nSPS) is 29.6. The van der Waals surface area contributed by atoms with Gasteiger partial charge in [0.25, 0.3) is 5.91 Å². The number of rotatable bonds is 2. The summed E-state index contributed by atoms with van der Waals surface area (Å²) in [5, 5.41) is 3.16. The number of aryl methyl sites for hydroxylation is 1. The van der Waals surface area contributed by atoms with Gasteiger partial charge < -0.3 is 5.32 Å². The van der Waals surface area contributed by atoms with Crippen molar-refractivity contribution >= 4 is 5.91 Å². The maximum Gasteiger partial charge on any atom is 0.251 e. The van der Waals surface area contributed by atoms with Gasteiger partial charge in [0.1, 0.15) is 0 Å². The maximum atomic E-state index is 12.1. The van der Waals surface area contributed by atoms with Crippen LogP contribution in [0.25, 0.3) is 0 Å². The van der Waals surface area contributed by atoms with Crippen LogP contribution in [0.2, 0.25) is 0 Å². The molecule has 3 rings (SSSR count). The molecule has 1 aromatic carbocycles. The Balaban J connectivity index is 1.70. The Labute approximate surface area is 102 Å². The molecule has 2 nitrogen and oxygen atoms in total. The molecule has 1 fully saturated rings. The van der Waals surface area contributed by atoms with Crippen LogP contribution in [0, 0.1) is 18.8 Å². The summed E-state index contributed by atoms with van der Waals surface area (Å²) < 4.78 is 0. The average Bonchev–Trinajstić information content (AvgIpc) is 2.91. The second-order valence-electron chi connectivity index (χ2n) is 5.23. The smallest absolute Gasteiger partial charge is 0.251 e. The van der Waals surface area contributed by atoms with E-state index in [4.69, 9.17) is 0 Å². The summed E-state index contributed by atoms with van der Waals surface area (Å²) in [6.45, 7) is 2.01. The molecular weight excluding hydrogens is 210 g/mol. The molecule has 2 aliphatic carbocycles. The third-order valence-corrected chi connectivity index (χ3v) is 3.88. The van der Waals surface area contributed by atoms with Gasteiger partial charge in [-0.1, -0.05) is 29.8 Å². The Hall–Kier alpha value is -1.57. The number of amides is 1. The predicted octanol–water partition coefficient (Wildman–Crippen LogP) is 2.69. The van der Waals surface area contributed by atoms with Gasteiger partial charge in [0.05, 0.1) is 0 Å². The summed E-state index contributed by atoms with van der Waals surface area (Å²) in [6.07, 6.45) is 6.88. The molecule has 0 aliphatic heterocycles. The zero-order chi connectivity index (χ0) is 11.8. The number of hydrogen-bond acceptors (Lipinski definition) is 1. The molecule has 3 unspecified atom stereocenters. The van der Waals surface area contributed by atoms with Crippen LogP contribution in [0.5, 0.6) is 0 Å². The Bertz CT molecular complexity index is 478. The van der Waals surface area contributed by atoms with Crippen LogP contribution in [0.3, 0.4) is 0 Å². The van der Waals surface area contributed by atoms with Gasteiger partial charge in [-0.15, -0.1) is 0 Å². The van der Waals surface area contributed by atoms with Gasteiger partial charge in [0.15, 0.2) is 0 Å². The number of fused-ring (bicyclic) bond motifs is 2. The van der Waals surface area contributed by atoms with E-state index in [-0.39, 0.29) is 5.91 Å². The van der Waals surface area contributed by atoms with Crippen molar-refractivity contribution in [2.75, 3.05) is 0 Å². The summed E-state index contributed by atoms with van der Waals surface area (Å²) in [4.78, 5) is 12.1. The quantitative estimate of drug-likeness (QED) is 0.773. The molecule has 2 bridgehead atoms. The lowest BCUT2D eigenvalue weighted by Crippen LogP contribution is -2.37. The molecule has 0 spiro atoms. The molecule has 3 atom stereocenters. The van der Waals surface area contributed by atoms with Crippen molar-refractivity contribution in [2.45, 2.75) is 25.8 Å². The van der Waals surface area contributed by atoms with E-state index in [0.717, 1.165) is 17.5 Å². The lowest BCUT2D eigenvalue weighted by Gasteiger charge is -2.19. The SMILES string of the molecule is Cc1cccc(C(=O)NC2CC3C=CC2C3)c1. The van der Waals surface area contributed by atoms with Gasteiger partial charge in [-0.05, 0) is 43.7 Å². The maximum absolute atomic E-state index is 12.1. The van der Waals surface area contributed by atoms with Crippen LogP contribution in [0.1, 0.15) is 28.8 Å². The topological polar surface area (TPSA) is 29.1 Å². The van der Waals surface area contributed by atoms with E-state index in [9.17, 15) is 4.79 Å². The van der Waals surface area contributed by atoms with Crippen LogP contribution in [-0.2, 0) is 0 Å². The summed E-state index contributed by atoms with van der Waals surface area (Å²) in [7, 11) is 0. The van der Waals surface area contributed by atoms with E-state index in [1.54, 1.807) is 0 Å². The molecule has 88 valence electrons. The number of hydrogen-bond donors (Lipinski definition) is 1. The van der Waals surface area contributed by atoms with E-state index in [1.807, 2.05) is 31.2 Å². The minimum absolute atomic E-state index is 0.0691. The van der Waals surface area contributed by atoms with Crippen LogP contribution in [-0.4, -0.2) is 11.9 Å². The Morgan fingerprint density at radius 2 is 2.18 bits per heavy atom. The highest BCUT2D eigenvalue weighted by atomic mass is 16.1. The first-order valence-electron chi connectivity index (χ1n) is 6.28. The standard InChI is InChI=1S/C15H17NO/c1-10-3-2-4-13(7-10)15(17)16-14-9-11-5-6-12(14)8-11/h2-7,11-12,14H,8-9H2,1H3,(H,16,17). The first-order chi connectivity index (χ1) is 8.22. The Kier molecular flexibility index (Phi) is 2.50. The lowest BCUT2D eigenvalue weighted by molar-refractivity contribution is 0.0931. The third kappa shape index (κ3) is 1.99. The molecule has 1 amide bonds. The second kappa shape index (κ2) is 4.02. The molecule has 2 heteroatoms. The fourth-order valence-electron chi connectivity index (χ4n) is 2.98. The van der Waals surface area contributed by atoms with Crippen molar-refractivity contribution in [1.82, 2.24) is 5.32 Å². The van der Waals surface area contributed by atoms with Crippen LogP contribution in [0.4, 0.5) is 0 Å². The molecule has 1 aromatic rings. The summed E-state index contributed by atoms with van der Waals surface area (Å²) in [5.41, 5.74) is 1.90. The number of benzene rings is 1. The van der Waals surface area contributed by atoms with Gasteiger partial charge in [-0.3, -0.25) is 4.79 Å². The van der Waals surface area contributed by atoms with Gasteiger partial charge in [-0.25, -0.2) is 0 Å². The predicted molar refractivity (Wildman–Crippen MR) is 67.8 cm³/mol. The van der Waals surface area contributed by atoms with Gasteiger partial charge in [0.2, 0.25) is 0 Å². The molecule has 2 aliphatic rings. The van der Waals surface area contributed by atoms with Crippen molar-refractivity contribution in [3.63, 3.8) is 0 Å². The highest BCUT2D eigenvalue weighted by Crippen LogP contribution is 2.39. The van der Waals surface area contributed by atoms with Crippen LogP contribution >= 0.6 is 0 Å². The molecule has 1 N–H and O–H groups in total. The lowest BCUT2D eigenvalue weighted by atomic mass is 10.0. The molecule has 1 saturated carbocycles. The summed E-state index contributed by atoms with van der Waals surface area (Å²) in [6, 6.07) is 8.11. The highest BCUT2D eigenvalue weighted by molar-refractivity contribution is 5.94. The first kappa shape index (κ1) is 10.6. The van der Waals surface area contributed by atoms with Gasteiger partial charge in [0, 0.05) is 11.6 Å². The van der Waals surface area contributed by atoms with Crippen molar-refractivity contribution < 1.29 is 4.79 Å². The molecule has 0 heterocycles.